The molecule has 1 saturated heterocycles. The number of likely N-dealkylation sites (tertiary alicyclic amines) is 1. The van der Waals surface area contributed by atoms with E-state index in [1.807, 2.05) is 13.8 Å². The first-order chi connectivity index (χ1) is 8.49. The summed E-state index contributed by atoms with van der Waals surface area (Å²) >= 11 is 0. The molecule has 1 aliphatic heterocycles. The second-order valence-electron chi connectivity index (χ2n) is 5.07. The van der Waals surface area contributed by atoms with Crippen molar-refractivity contribution in [1.29, 1.82) is 0 Å². The van der Waals surface area contributed by atoms with Crippen molar-refractivity contribution in [3.05, 3.63) is 23.0 Å². The van der Waals surface area contributed by atoms with Crippen LogP contribution < -0.4 is 0 Å². The molecule has 2 unspecified atom stereocenters. The molecule has 0 aliphatic carbocycles. The molecule has 0 aromatic carbocycles. The molecule has 0 spiro atoms. The van der Waals surface area contributed by atoms with Gasteiger partial charge >= 0.3 is 0 Å². The lowest BCUT2D eigenvalue weighted by atomic mass is 9.96. The van der Waals surface area contributed by atoms with Crippen LogP contribution in [-0.2, 0) is 0 Å². The molecule has 1 amide bonds. The van der Waals surface area contributed by atoms with Crippen LogP contribution in [0.5, 0.6) is 0 Å². The second kappa shape index (κ2) is 5.02. The number of aliphatic hydroxyl groups is 1. The van der Waals surface area contributed by atoms with Crippen molar-refractivity contribution in [2.75, 3.05) is 13.1 Å². The summed E-state index contributed by atoms with van der Waals surface area (Å²) in [7, 11) is 0. The fourth-order valence-electron chi connectivity index (χ4n) is 2.25. The average molecular weight is 249 g/mol. The zero-order valence-electron chi connectivity index (χ0n) is 11.1. The van der Waals surface area contributed by atoms with E-state index in [0.717, 1.165) is 5.69 Å². The van der Waals surface area contributed by atoms with Gasteiger partial charge in [0.1, 0.15) is 0 Å². The van der Waals surface area contributed by atoms with Crippen LogP contribution >= 0.6 is 0 Å². The molecule has 5 nitrogen and oxygen atoms in total. The molecule has 1 aromatic rings. The van der Waals surface area contributed by atoms with E-state index < -0.39 is 0 Å². The maximum atomic E-state index is 12.4. The molecule has 0 bridgehead atoms. The second-order valence-corrected chi connectivity index (χ2v) is 5.07. The Morgan fingerprint density at radius 2 is 2.17 bits per heavy atom. The van der Waals surface area contributed by atoms with Gasteiger partial charge in [-0.2, -0.15) is 10.2 Å². The van der Waals surface area contributed by atoms with E-state index in [9.17, 15) is 9.90 Å². The Balaban J connectivity index is 2.19. The van der Waals surface area contributed by atoms with Gasteiger partial charge in [-0.1, -0.05) is 6.92 Å². The van der Waals surface area contributed by atoms with E-state index in [2.05, 4.69) is 10.2 Å². The number of hydrogen-bond acceptors (Lipinski definition) is 4. The SMILES string of the molecule is Cc1cc(C(=O)N2CCC(O)C(C)C2)c(C)nn1. The first-order valence-corrected chi connectivity index (χ1v) is 6.27. The lowest BCUT2D eigenvalue weighted by Crippen LogP contribution is -2.45. The minimum atomic E-state index is -0.299. The highest BCUT2D eigenvalue weighted by atomic mass is 16.3. The third-order valence-electron chi connectivity index (χ3n) is 3.48. The van der Waals surface area contributed by atoms with Crippen LogP contribution in [0.3, 0.4) is 0 Å². The first-order valence-electron chi connectivity index (χ1n) is 6.27. The number of aromatic nitrogens is 2. The number of aliphatic hydroxyl groups excluding tert-OH is 1. The average Bonchev–Trinajstić information content (AvgIpc) is 2.35. The van der Waals surface area contributed by atoms with Gasteiger partial charge in [0.05, 0.1) is 23.1 Å². The van der Waals surface area contributed by atoms with Gasteiger partial charge in [-0.25, -0.2) is 0 Å². The number of rotatable bonds is 1. The topological polar surface area (TPSA) is 66.3 Å². The van der Waals surface area contributed by atoms with Crippen molar-refractivity contribution in [2.45, 2.75) is 33.3 Å². The van der Waals surface area contributed by atoms with Crippen molar-refractivity contribution in [3.63, 3.8) is 0 Å². The Bertz CT molecular complexity index is 462. The number of carbonyl (C=O) groups is 1. The lowest BCUT2D eigenvalue weighted by Gasteiger charge is -2.34. The van der Waals surface area contributed by atoms with E-state index in [4.69, 9.17) is 0 Å². The lowest BCUT2D eigenvalue weighted by molar-refractivity contribution is 0.0296. The number of piperidine rings is 1. The molecule has 1 N–H and O–H groups in total. The van der Waals surface area contributed by atoms with Crippen molar-refractivity contribution >= 4 is 5.91 Å². The van der Waals surface area contributed by atoms with Crippen LogP contribution in [0.1, 0.15) is 35.1 Å². The molecule has 2 atom stereocenters. The smallest absolute Gasteiger partial charge is 0.255 e. The predicted octanol–water partition coefficient (Wildman–Crippen LogP) is 0.936. The van der Waals surface area contributed by atoms with Crippen molar-refractivity contribution in [2.24, 2.45) is 5.92 Å². The molecular formula is C13H19N3O2. The molecule has 1 aliphatic rings. The highest BCUT2D eigenvalue weighted by molar-refractivity contribution is 5.95. The van der Waals surface area contributed by atoms with E-state index in [-0.39, 0.29) is 17.9 Å². The molecule has 98 valence electrons. The Morgan fingerprint density at radius 1 is 1.44 bits per heavy atom. The summed E-state index contributed by atoms with van der Waals surface area (Å²) in [6, 6.07) is 1.78. The van der Waals surface area contributed by atoms with E-state index in [1.165, 1.54) is 0 Å². The molecule has 1 aromatic heterocycles. The normalized spacial score (nSPS) is 24.1. The van der Waals surface area contributed by atoms with E-state index in [1.54, 1.807) is 17.9 Å². The summed E-state index contributed by atoms with van der Waals surface area (Å²) in [5.74, 6) is 0.114. The molecular weight excluding hydrogens is 230 g/mol. The van der Waals surface area contributed by atoms with Crippen LogP contribution in [-0.4, -0.2) is 45.3 Å². The van der Waals surface area contributed by atoms with Gasteiger partial charge in [-0.15, -0.1) is 0 Å². The molecule has 0 saturated carbocycles. The van der Waals surface area contributed by atoms with Crippen LogP contribution in [0.15, 0.2) is 6.07 Å². The summed E-state index contributed by atoms with van der Waals surface area (Å²) in [5.41, 5.74) is 2.02. The molecule has 0 radical (unpaired) electrons. The van der Waals surface area contributed by atoms with Crippen molar-refractivity contribution < 1.29 is 9.90 Å². The third kappa shape index (κ3) is 2.51. The molecule has 1 fully saturated rings. The zero-order valence-corrected chi connectivity index (χ0v) is 11.1. The van der Waals surface area contributed by atoms with Gasteiger partial charge in [0.15, 0.2) is 0 Å². The first kappa shape index (κ1) is 13.0. The van der Waals surface area contributed by atoms with Gasteiger partial charge in [-0.3, -0.25) is 4.79 Å². The Labute approximate surface area is 107 Å². The summed E-state index contributed by atoms with van der Waals surface area (Å²) in [6.07, 6.45) is 0.344. The summed E-state index contributed by atoms with van der Waals surface area (Å²) in [4.78, 5) is 14.2. The quantitative estimate of drug-likeness (QED) is 0.804. The van der Waals surface area contributed by atoms with Crippen molar-refractivity contribution in [3.8, 4) is 0 Å². The van der Waals surface area contributed by atoms with Crippen LogP contribution in [0.25, 0.3) is 0 Å². The van der Waals surface area contributed by atoms with E-state index >= 15 is 0 Å². The largest absolute Gasteiger partial charge is 0.393 e. The maximum Gasteiger partial charge on any atom is 0.255 e. The number of amides is 1. The Hall–Kier alpha value is -1.49. The van der Waals surface area contributed by atoms with Crippen LogP contribution in [0.4, 0.5) is 0 Å². The minimum absolute atomic E-state index is 0.00995. The molecule has 18 heavy (non-hydrogen) atoms. The number of aryl methyl sites for hydroxylation is 2. The highest BCUT2D eigenvalue weighted by Gasteiger charge is 2.28. The van der Waals surface area contributed by atoms with Crippen molar-refractivity contribution in [1.82, 2.24) is 15.1 Å². The van der Waals surface area contributed by atoms with Gasteiger partial charge in [0, 0.05) is 13.1 Å². The van der Waals surface area contributed by atoms with E-state index in [0.29, 0.717) is 30.8 Å². The highest BCUT2D eigenvalue weighted by Crippen LogP contribution is 2.19. The zero-order chi connectivity index (χ0) is 13.3. The number of hydrogen-bond donors (Lipinski definition) is 1. The van der Waals surface area contributed by atoms with Crippen LogP contribution in [0.2, 0.25) is 0 Å². The fraction of sp³-hybridized carbons (Fsp3) is 0.615. The summed E-state index contributed by atoms with van der Waals surface area (Å²) in [5, 5.41) is 17.6. The maximum absolute atomic E-state index is 12.4. The van der Waals surface area contributed by atoms with Gasteiger partial charge in [0.2, 0.25) is 0 Å². The van der Waals surface area contributed by atoms with Crippen LogP contribution in [0, 0.1) is 19.8 Å². The molecule has 5 heteroatoms. The fourth-order valence-corrected chi connectivity index (χ4v) is 2.25. The number of carbonyl (C=O) groups excluding carboxylic acids is 1. The summed E-state index contributed by atoms with van der Waals surface area (Å²) < 4.78 is 0. The molecule has 2 rings (SSSR count). The molecule has 2 heterocycles. The monoisotopic (exact) mass is 249 g/mol. The Morgan fingerprint density at radius 3 is 2.83 bits per heavy atom. The van der Waals surface area contributed by atoms with Gasteiger partial charge < -0.3 is 10.0 Å². The Kier molecular flexibility index (Phi) is 3.61. The minimum Gasteiger partial charge on any atom is -0.393 e. The number of nitrogens with zero attached hydrogens (tertiary/aromatic N) is 3. The third-order valence-corrected chi connectivity index (χ3v) is 3.48. The van der Waals surface area contributed by atoms with Gasteiger partial charge in [-0.05, 0) is 32.3 Å². The standard InChI is InChI=1S/C13H19N3O2/c1-8-7-16(5-4-12(8)17)13(18)11-6-9(2)14-15-10(11)3/h6,8,12,17H,4-5,7H2,1-3H3. The summed E-state index contributed by atoms with van der Waals surface area (Å²) in [6.45, 7) is 6.78. The van der Waals surface area contributed by atoms with Gasteiger partial charge in [0.25, 0.3) is 5.91 Å². The predicted molar refractivity (Wildman–Crippen MR) is 67.2 cm³/mol.